The minimum atomic E-state index is 0.00840. The molecule has 1 heterocycles. The van der Waals surface area contributed by atoms with Crippen molar-refractivity contribution in [2.45, 2.75) is 13.3 Å². The first-order valence-electron chi connectivity index (χ1n) is 4.45. The van der Waals surface area contributed by atoms with Gasteiger partial charge in [-0.05, 0) is 12.3 Å². The Labute approximate surface area is 86.7 Å². The van der Waals surface area contributed by atoms with Gasteiger partial charge < -0.3 is 5.32 Å². The average molecular weight is 212 g/mol. The van der Waals surface area contributed by atoms with Gasteiger partial charge in [-0.25, -0.2) is 4.98 Å². The van der Waals surface area contributed by atoms with Gasteiger partial charge in [0.15, 0.2) is 5.82 Å². The van der Waals surface area contributed by atoms with E-state index in [0.29, 0.717) is 11.7 Å². The number of aromatic nitrogens is 2. The molecule has 5 heteroatoms. The first kappa shape index (κ1) is 9.40. The molecule has 0 saturated heterocycles. The molecule has 0 bridgehead atoms. The van der Waals surface area contributed by atoms with E-state index in [4.69, 9.17) is 11.6 Å². The lowest BCUT2D eigenvalue weighted by Crippen LogP contribution is -2.15. The van der Waals surface area contributed by atoms with Crippen LogP contribution in [0.25, 0.3) is 0 Å². The Kier molecular flexibility index (Phi) is 2.37. The number of hydrogen-bond donors (Lipinski definition) is 1. The summed E-state index contributed by atoms with van der Waals surface area (Å²) in [6, 6.07) is 0. The summed E-state index contributed by atoms with van der Waals surface area (Å²) in [5.74, 6) is 1.05. The molecule has 0 aliphatic heterocycles. The van der Waals surface area contributed by atoms with Crippen molar-refractivity contribution in [2.75, 3.05) is 5.32 Å². The van der Waals surface area contributed by atoms with Crippen LogP contribution in [0.15, 0.2) is 12.4 Å². The SMILES string of the molecule is CC1CC1C(=O)Nc1cncc(Cl)n1. The quantitative estimate of drug-likeness (QED) is 0.811. The van der Waals surface area contributed by atoms with Crippen molar-refractivity contribution in [1.29, 1.82) is 0 Å². The second-order valence-electron chi connectivity index (χ2n) is 3.54. The third-order valence-corrected chi connectivity index (χ3v) is 2.48. The topological polar surface area (TPSA) is 54.9 Å². The molecular weight excluding hydrogens is 202 g/mol. The fraction of sp³-hybridized carbons (Fsp3) is 0.444. The second-order valence-corrected chi connectivity index (χ2v) is 3.92. The van der Waals surface area contributed by atoms with Gasteiger partial charge in [0.1, 0.15) is 5.15 Å². The van der Waals surface area contributed by atoms with Gasteiger partial charge in [-0.15, -0.1) is 0 Å². The Morgan fingerprint density at radius 3 is 2.93 bits per heavy atom. The van der Waals surface area contributed by atoms with Crippen LogP contribution in [0.5, 0.6) is 0 Å². The molecule has 1 aliphatic carbocycles. The summed E-state index contributed by atoms with van der Waals surface area (Å²) >= 11 is 5.63. The lowest BCUT2D eigenvalue weighted by atomic mass is 10.3. The molecule has 1 aliphatic rings. The van der Waals surface area contributed by atoms with E-state index in [1.165, 1.54) is 12.4 Å². The maximum absolute atomic E-state index is 11.5. The van der Waals surface area contributed by atoms with Crippen molar-refractivity contribution in [1.82, 2.24) is 9.97 Å². The molecule has 14 heavy (non-hydrogen) atoms. The Hall–Kier alpha value is -1.16. The zero-order chi connectivity index (χ0) is 10.1. The van der Waals surface area contributed by atoms with Gasteiger partial charge in [0, 0.05) is 5.92 Å². The molecule has 0 aromatic carbocycles. The van der Waals surface area contributed by atoms with E-state index in [1.54, 1.807) is 0 Å². The fourth-order valence-electron chi connectivity index (χ4n) is 1.31. The molecular formula is C9H10ClN3O. The van der Waals surface area contributed by atoms with Crippen LogP contribution in [-0.2, 0) is 4.79 Å². The van der Waals surface area contributed by atoms with Gasteiger partial charge in [-0.1, -0.05) is 18.5 Å². The molecule has 0 radical (unpaired) electrons. The maximum Gasteiger partial charge on any atom is 0.228 e. The van der Waals surface area contributed by atoms with Crippen LogP contribution in [0, 0.1) is 11.8 Å². The summed E-state index contributed by atoms with van der Waals surface area (Å²) < 4.78 is 0. The predicted octanol–water partition coefficient (Wildman–Crippen LogP) is 1.72. The number of hydrogen-bond acceptors (Lipinski definition) is 3. The highest BCUT2D eigenvalue weighted by atomic mass is 35.5. The van der Waals surface area contributed by atoms with Crippen molar-refractivity contribution in [3.8, 4) is 0 Å². The molecule has 2 rings (SSSR count). The van der Waals surface area contributed by atoms with Crippen LogP contribution in [0.4, 0.5) is 5.82 Å². The smallest absolute Gasteiger partial charge is 0.228 e. The van der Waals surface area contributed by atoms with Gasteiger partial charge in [-0.2, -0.15) is 0 Å². The van der Waals surface area contributed by atoms with Crippen LogP contribution in [0.1, 0.15) is 13.3 Å². The molecule has 74 valence electrons. The van der Waals surface area contributed by atoms with Crippen molar-refractivity contribution in [2.24, 2.45) is 11.8 Å². The lowest BCUT2D eigenvalue weighted by Gasteiger charge is -2.02. The fourth-order valence-corrected chi connectivity index (χ4v) is 1.46. The number of carbonyl (C=O) groups excluding carboxylic acids is 1. The van der Waals surface area contributed by atoms with E-state index < -0.39 is 0 Å². The number of rotatable bonds is 2. The Balaban J connectivity index is 2.00. The monoisotopic (exact) mass is 211 g/mol. The molecule has 0 spiro atoms. The van der Waals surface area contributed by atoms with Gasteiger partial charge in [0.2, 0.25) is 5.91 Å². The minimum absolute atomic E-state index is 0.00840. The molecule has 1 aromatic heterocycles. The van der Waals surface area contributed by atoms with Crippen molar-refractivity contribution >= 4 is 23.3 Å². The lowest BCUT2D eigenvalue weighted by molar-refractivity contribution is -0.117. The molecule has 1 amide bonds. The summed E-state index contributed by atoms with van der Waals surface area (Å²) in [6.07, 6.45) is 3.87. The number of nitrogens with zero attached hydrogens (tertiary/aromatic N) is 2. The number of anilines is 1. The molecule has 1 fully saturated rings. The zero-order valence-electron chi connectivity index (χ0n) is 7.70. The van der Waals surface area contributed by atoms with E-state index in [2.05, 4.69) is 15.3 Å². The Bertz CT molecular complexity index is 369. The first-order chi connectivity index (χ1) is 6.66. The zero-order valence-corrected chi connectivity index (χ0v) is 8.45. The Morgan fingerprint density at radius 1 is 1.64 bits per heavy atom. The van der Waals surface area contributed by atoms with Crippen molar-refractivity contribution < 1.29 is 4.79 Å². The number of nitrogens with one attached hydrogen (secondary N) is 1. The summed E-state index contributed by atoms with van der Waals surface area (Å²) in [6.45, 7) is 2.05. The van der Waals surface area contributed by atoms with Gasteiger partial charge in [0.05, 0.1) is 12.4 Å². The number of carbonyl (C=O) groups is 1. The van der Waals surface area contributed by atoms with Crippen LogP contribution in [0.3, 0.4) is 0 Å². The van der Waals surface area contributed by atoms with E-state index in [0.717, 1.165) is 6.42 Å². The summed E-state index contributed by atoms with van der Waals surface area (Å²) in [5, 5.41) is 2.96. The maximum atomic E-state index is 11.5. The minimum Gasteiger partial charge on any atom is -0.309 e. The highest BCUT2D eigenvalue weighted by Crippen LogP contribution is 2.38. The largest absolute Gasteiger partial charge is 0.309 e. The van der Waals surface area contributed by atoms with E-state index in [-0.39, 0.29) is 17.0 Å². The van der Waals surface area contributed by atoms with Crippen molar-refractivity contribution in [3.63, 3.8) is 0 Å². The molecule has 4 nitrogen and oxygen atoms in total. The number of amides is 1. The van der Waals surface area contributed by atoms with E-state index >= 15 is 0 Å². The number of halogens is 1. The highest BCUT2D eigenvalue weighted by Gasteiger charge is 2.39. The van der Waals surface area contributed by atoms with E-state index in [1.807, 2.05) is 6.92 Å². The first-order valence-corrected chi connectivity index (χ1v) is 4.83. The third-order valence-electron chi connectivity index (χ3n) is 2.30. The molecule has 2 unspecified atom stereocenters. The normalized spacial score (nSPS) is 24.4. The third kappa shape index (κ3) is 2.01. The van der Waals surface area contributed by atoms with Crippen LogP contribution in [0.2, 0.25) is 5.15 Å². The standard InChI is InChI=1S/C9H10ClN3O/c1-5-2-6(5)9(14)13-8-4-11-3-7(10)12-8/h3-6H,2H2,1H3,(H,12,13,14). The average Bonchev–Trinajstić information content (AvgIpc) is 2.82. The molecule has 1 aromatic rings. The summed E-state index contributed by atoms with van der Waals surface area (Å²) in [4.78, 5) is 19.2. The molecule has 1 saturated carbocycles. The van der Waals surface area contributed by atoms with Gasteiger partial charge in [-0.3, -0.25) is 9.78 Å². The van der Waals surface area contributed by atoms with Crippen LogP contribution in [-0.4, -0.2) is 15.9 Å². The van der Waals surface area contributed by atoms with Crippen LogP contribution >= 0.6 is 11.6 Å². The van der Waals surface area contributed by atoms with Crippen molar-refractivity contribution in [3.05, 3.63) is 17.5 Å². The van der Waals surface area contributed by atoms with E-state index in [9.17, 15) is 4.79 Å². The molecule has 2 atom stereocenters. The predicted molar refractivity (Wildman–Crippen MR) is 52.9 cm³/mol. The summed E-state index contributed by atoms with van der Waals surface area (Å²) in [5.41, 5.74) is 0. The van der Waals surface area contributed by atoms with Crippen LogP contribution < -0.4 is 5.32 Å². The van der Waals surface area contributed by atoms with Gasteiger partial charge >= 0.3 is 0 Å². The molecule has 1 N–H and O–H groups in total. The summed E-state index contributed by atoms with van der Waals surface area (Å²) in [7, 11) is 0. The van der Waals surface area contributed by atoms with Gasteiger partial charge in [0.25, 0.3) is 0 Å². The second kappa shape index (κ2) is 3.53. The highest BCUT2D eigenvalue weighted by molar-refractivity contribution is 6.29. The Morgan fingerprint density at radius 2 is 2.36 bits per heavy atom.